The fourth-order valence-corrected chi connectivity index (χ4v) is 3.21. The summed E-state index contributed by atoms with van der Waals surface area (Å²) < 4.78 is 10.1. The Labute approximate surface area is 231 Å². The second-order valence-corrected chi connectivity index (χ2v) is 10.2. The molecule has 0 aliphatic rings. The minimum atomic E-state index is -0.614. The molecule has 0 aliphatic heterocycles. The van der Waals surface area contributed by atoms with E-state index in [1.54, 1.807) is 39.5 Å². The Kier molecular flexibility index (Phi) is 14.2. The van der Waals surface area contributed by atoms with E-state index in [0.717, 1.165) is 5.56 Å². The minimum absolute atomic E-state index is 0.0893. The van der Waals surface area contributed by atoms with Gasteiger partial charge in [-0.05, 0) is 47.1 Å². The molecule has 12 heteroatoms. The highest BCUT2D eigenvalue weighted by atomic mass is 16.6. The molecule has 0 fully saturated rings. The number of urea groups is 2. The second-order valence-electron chi connectivity index (χ2n) is 10.2. The maximum Gasteiger partial charge on any atom is 0.407 e. The van der Waals surface area contributed by atoms with Gasteiger partial charge in [0.25, 0.3) is 0 Å². The molecule has 0 heterocycles. The van der Waals surface area contributed by atoms with Gasteiger partial charge < -0.3 is 41.0 Å². The van der Waals surface area contributed by atoms with E-state index in [1.807, 2.05) is 37.3 Å². The van der Waals surface area contributed by atoms with Gasteiger partial charge in [0.2, 0.25) is 0 Å². The normalized spacial score (nSPS) is 13.1. The van der Waals surface area contributed by atoms with Crippen LogP contribution in [0.3, 0.4) is 0 Å². The third-order valence-corrected chi connectivity index (χ3v) is 5.13. The first kappa shape index (κ1) is 33.1. The highest BCUT2D eigenvalue weighted by Gasteiger charge is 2.22. The highest BCUT2D eigenvalue weighted by molar-refractivity contribution is 5.76. The van der Waals surface area contributed by atoms with Crippen molar-refractivity contribution in [1.29, 1.82) is 0 Å². The van der Waals surface area contributed by atoms with E-state index in [9.17, 15) is 19.2 Å². The fraction of sp³-hybridized carbons (Fsp3) is 0.556. The Balaban J connectivity index is 2.57. The van der Waals surface area contributed by atoms with Gasteiger partial charge in [-0.15, -0.1) is 0 Å². The second kappa shape index (κ2) is 16.8. The molecule has 39 heavy (non-hydrogen) atoms. The molecule has 12 nitrogen and oxygen atoms in total. The molecule has 6 amide bonds. The van der Waals surface area contributed by atoms with Crippen LogP contribution in [0.4, 0.5) is 19.2 Å². The van der Waals surface area contributed by atoms with Crippen LogP contribution in [0, 0.1) is 0 Å². The van der Waals surface area contributed by atoms with Crippen LogP contribution < -0.4 is 26.6 Å². The first-order valence-electron chi connectivity index (χ1n) is 12.9. The number of hydrogen-bond acceptors (Lipinski definition) is 6. The minimum Gasteiger partial charge on any atom is -0.445 e. The van der Waals surface area contributed by atoms with Crippen LogP contribution in [0.15, 0.2) is 43.0 Å². The summed E-state index contributed by atoms with van der Waals surface area (Å²) in [7, 11) is 0. The third-order valence-electron chi connectivity index (χ3n) is 5.13. The van der Waals surface area contributed by atoms with Crippen LogP contribution in [0.25, 0.3) is 0 Å². The molecule has 1 aromatic rings. The van der Waals surface area contributed by atoms with Crippen molar-refractivity contribution in [2.45, 2.75) is 71.8 Å². The van der Waals surface area contributed by atoms with Crippen LogP contribution >= 0.6 is 0 Å². The molecule has 5 N–H and O–H groups in total. The molecule has 0 radical (unpaired) electrons. The van der Waals surface area contributed by atoms with E-state index in [0.29, 0.717) is 6.54 Å². The predicted molar refractivity (Wildman–Crippen MR) is 149 cm³/mol. The van der Waals surface area contributed by atoms with Gasteiger partial charge in [-0.2, -0.15) is 0 Å². The van der Waals surface area contributed by atoms with E-state index in [2.05, 4.69) is 33.2 Å². The number of rotatable bonds is 13. The Hall–Kier alpha value is -3.96. The molecule has 3 atom stereocenters. The molecule has 0 aliphatic carbocycles. The number of benzene rings is 1. The van der Waals surface area contributed by atoms with E-state index < -0.39 is 23.8 Å². The summed E-state index contributed by atoms with van der Waals surface area (Å²) in [6.45, 7) is 15.1. The molecule has 1 aromatic carbocycles. The summed E-state index contributed by atoms with van der Waals surface area (Å²) in [6, 6.07) is 7.60. The van der Waals surface area contributed by atoms with Crippen molar-refractivity contribution >= 4 is 24.2 Å². The maximum atomic E-state index is 13.1. The largest absolute Gasteiger partial charge is 0.445 e. The van der Waals surface area contributed by atoms with E-state index in [1.165, 1.54) is 6.08 Å². The molecular weight excluding hydrogens is 504 g/mol. The summed E-state index contributed by atoms with van der Waals surface area (Å²) >= 11 is 0. The van der Waals surface area contributed by atoms with Gasteiger partial charge in [-0.1, -0.05) is 43.0 Å². The maximum absolute atomic E-state index is 13.1. The lowest BCUT2D eigenvalue weighted by atomic mass is 10.2. The zero-order valence-corrected chi connectivity index (χ0v) is 23.8. The average Bonchev–Trinajstić information content (AvgIpc) is 2.86. The molecule has 0 bridgehead atoms. The molecule has 0 spiro atoms. The Morgan fingerprint density at radius 3 is 2.13 bits per heavy atom. The number of alkyl carbamates (subject to hydrolysis) is 2. The Morgan fingerprint density at radius 1 is 0.897 bits per heavy atom. The topological polar surface area (TPSA) is 150 Å². The number of nitrogens with one attached hydrogen (secondary N) is 5. The first-order valence-corrected chi connectivity index (χ1v) is 12.9. The van der Waals surface area contributed by atoms with Gasteiger partial charge in [0.05, 0.1) is 0 Å². The monoisotopic (exact) mass is 548 g/mol. The zero-order chi connectivity index (χ0) is 29.4. The van der Waals surface area contributed by atoms with Crippen LogP contribution in [-0.4, -0.2) is 79.1 Å². The van der Waals surface area contributed by atoms with Crippen molar-refractivity contribution < 1.29 is 28.7 Å². The molecule has 0 saturated heterocycles. The van der Waals surface area contributed by atoms with Crippen molar-refractivity contribution in [3.63, 3.8) is 0 Å². The summed E-state index contributed by atoms with van der Waals surface area (Å²) in [5.74, 6) is 0. The van der Waals surface area contributed by atoms with E-state index >= 15 is 0 Å². The summed E-state index contributed by atoms with van der Waals surface area (Å²) in [5, 5.41) is 13.6. The predicted octanol–water partition coefficient (Wildman–Crippen LogP) is 3.10. The van der Waals surface area contributed by atoms with Crippen LogP contribution in [0.5, 0.6) is 0 Å². The molecule has 218 valence electrons. The summed E-state index contributed by atoms with van der Waals surface area (Å²) in [6.07, 6.45) is 0.308. The average molecular weight is 549 g/mol. The number of carbonyl (C=O) groups is 4. The molecule has 0 aromatic heterocycles. The van der Waals surface area contributed by atoms with Gasteiger partial charge >= 0.3 is 24.2 Å². The van der Waals surface area contributed by atoms with Crippen molar-refractivity contribution in [3.05, 3.63) is 48.6 Å². The Bertz CT molecular complexity index is 936. The van der Waals surface area contributed by atoms with Crippen LogP contribution in [0.1, 0.15) is 47.1 Å². The van der Waals surface area contributed by atoms with Gasteiger partial charge in [0.1, 0.15) is 12.2 Å². The third kappa shape index (κ3) is 15.1. The van der Waals surface area contributed by atoms with Crippen molar-refractivity contribution in [2.24, 2.45) is 0 Å². The Morgan fingerprint density at radius 2 is 1.51 bits per heavy atom. The molecule has 0 unspecified atom stereocenters. The van der Waals surface area contributed by atoms with Crippen molar-refractivity contribution in [3.8, 4) is 0 Å². The molecule has 0 saturated carbocycles. The molecular formula is C27H44N6O6. The number of carbonyl (C=O) groups excluding carboxylic acids is 4. The number of ether oxygens (including phenoxy) is 2. The summed E-state index contributed by atoms with van der Waals surface area (Å²) in [4.78, 5) is 50.6. The van der Waals surface area contributed by atoms with Crippen molar-refractivity contribution in [1.82, 2.24) is 31.5 Å². The quantitative estimate of drug-likeness (QED) is 0.239. The fourth-order valence-electron chi connectivity index (χ4n) is 3.21. The van der Waals surface area contributed by atoms with Gasteiger partial charge in [0, 0.05) is 44.3 Å². The first-order chi connectivity index (χ1) is 18.3. The van der Waals surface area contributed by atoms with Crippen molar-refractivity contribution in [2.75, 3.05) is 26.2 Å². The lowest BCUT2D eigenvalue weighted by Gasteiger charge is -2.30. The SMILES string of the molecule is C=CCOC(=O)NC[C@H](C)N(Cc1ccccc1)C(=O)NC[C@@H](C)NC(=O)NC[C@H](C)NC(=O)OC(C)(C)C. The number of amides is 6. The van der Waals surface area contributed by atoms with E-state index in [-0.39, 0.29) is 50.4 Å². The van der Waals surface area contributed by atoms with Crippen LogP contribution in [0.2, 0.25) is 0 Å². The summed E-state index contributed by atoms with van der Waals surface area (Å²) in [5.41, 5.74) is 0.310. The number of nitrogens with zero attached hydrogens (tertiary/aromatic N) is 1. The van der Waals surface area contributed by atoms with Crippen LogP contribution in [-0.2, 0) is 16.0 Å². The van der Waals surface area contributed by atoms with Gasteiger partial charge in [-0.3, -0.25) is 0 Å². The number of hydrogen-bond donors (Lipinski definition) is 5. The lowest BCUT2D eigenvalue weighted by Crippen LogP contribution is -2.53. The smallest absolute Gasteiger partial charge is 0.407 e. The van der Waals surface area contributed by atoms with E-state index in [4.69, 9.17) is 9.47 Å². The molecule has 1 rings (SSSR count). The lowest BCUT2D eigenvalue weighted by molar-refractivity contribution is 0.0508. The highest BCUT2D eigenvalue weighted by Crippen LogP contribution is 2.09. The standard InChI is InChI=1S/C27H44N6O6/c1-8-14-38-25(36)30-17-21(4)33(18-22-12-10-9-11-13-22)24(35)29-16-19(2)31-23(34)28-15-20(3)32-26(37)39-27(5,6)7/h8-13,19-21H,1,14-18H2,2-7H3,(H,29,35)(H,30,36)(H,32,37)(H2,28,31,34)/t19-,20+,21+/m1/s1. The van der Waals surface area contributed by atoms with Gasteiger partial charge in [-0.25, -0.2) is 19.2 Å². The zero-order valence-electron chi connectivity index (χ0n) is 23.8. The van der Waals surface area contributed by atoms with Gasteiger partial charge in [0.15, 0.2) is 0 Å².